The molecule has 1 saturated heterocycles. The van der Waals surface area contributed by atoms with Crippen LogP contribution in [0.5, 0.6) is 0 Å². The van der Waals surface area contributed by atoms with E-state index in [-0.39, 0.29) is 25.4 Å². The Kier molecular flexibility index (Phi) is 6.34. The fraction of sp³-hybridized carbons (Fsp3) is 0.556. The standard InChI is InChI=1S/C18H26N2O4/c1-3-24-17(22)18(23)9-11-20(12-10-18)16(21)14-19(2)13-15-7-5-4-6-8-15/h4-8,23H,3,9-14H2,1-2H3. The molecule has 1 N–H and O–H groups in total. The Balaban J connectivity index is 1.81. The minimum absolute atomic E-state index is 0.0133. The summed E-state index contributed by atoms with van der Waals surface area (Å²) in [6, 6.07) is 9.98. The summed E-state index contributed by atoms with van der Waals surface area (Å²) in [7, 11) is 1.91. The molecule has 6 nitrogen and oxygen atoms in total. The molecule has 0 saturated carbocycles. The summed E-state index contributed by atoms with van der Waals surface area (Å²) in [6.45, 7) is 3.71. The SMILES string of the molecule is CCOC(=O)C1(O)CCN(C(=O)CN(C)Cc2ccccc2)CC1. The number of nitrogens with zero attached hydrogens (tertiary/aromatic N) is 2. The van der Waals surface area contributed by atoms with Gasteiger partial charge in [0.15, 0.2) is 5.60 Å². The maximum absolute atomic E-state index is 12.4. The minimum atomic E-state index is -1.46. The van der Waals surface area contributed by atoms with Crippen molar-refractivity contribution in [3.63, 3.8) is 0 Å². The van der Waals surface area contributed by atoms with E-state index in [2.05, 4.69) is 0 Å². The van der Waals surface area contributed by atoms with Crippen LogP contribution in [0.25, 0.3) is 0 Å². The number of ether oxygens (including phenoxy) is 1. The van der Waals surface area contributed by atoms with Crippen molar-refractivity contribution in [1.29, 1.82) is 0 Å². The second-order valence-electron chi connectivity index (χ2n) is 6.29. The highest BCUT2D eigenvalue weighted by molar-refractivity contribution is 5.81. The van der Waals surface area contributed by atoms with Crippen molar-refractivity contribution in [2.45, 2.75) is 31.9 Å². The lowest BCUT2D eigenvalue weighted by molar-refractivity contribution is -0.171. The normalized spacial score (nSPS) is 16.9. The zero-order valence-electron chi connectivity index (χ0n) is 14.4. The van der Waals surface area contributed by atoms with Crippen LogP contribution in [0.2, 0.25) is 0 Å². The summed E-state index contributed by atoms with van der Waals surface area (Å²) in [4.78, 5) is 27.9. The van der Waals surface area contributed by atoms with Crippen LogP contribution in [0.4, 0.5) is 0 Å². The van der Waals surface area contributed by atoms with Gasteiger partial charge in [-0.15, -0.1) is 0 Å². The predicted molar refractivity (Wildman–Crippen MR) is 90.2 cm³/mol. The molecule has 0 atom stereocenters. The van der Waals surface area contributed by atoms with E-state index in [0.29, 0.717) is 26.2 Å². The Morgan fingerprint density at radius 2 is 1.88 bits per heavy atom. The fourth-order valence-electron chi connectivity index (χ4n) is 2.88. The van der Waals surface area contributed by atoms with Crippen LogP contribution in [-0.2, 0) is 20.9 Å². The number of rotatable bonds is 6. The van der Waals surface area contributed by atoms with Gasteiger partial charge in [0.05, 0.1) is 13.2 Å². The number of hydrogen-bond donors (Lipinski definition) is 1. The lowest BCUT2D eigenvalue weighted by Gasteiger charge is -2.36. The highest BCUT2D eigenvalue weighted by Gasteiger charge is 2.41. The average Bonchev–Trinajstić information content (AvgIpc) is 2.56. The fourth-order valence-corrected chi connectivity index (χ4v) is 2.88. The first-order valence-corrected chi connectivity index (χ1v) is 8.34. The van der Waals surface area contributed by atoms with Crippen molar-refractivity contribution in [2.24, 2.45) is 0 Å². The molecule has 6 heteroatoms. The molecule has 1 aliphatic heterocycles. The predicted octanol–water partition coefficient (Wildman–Crippen LogP) is 1.04. The van der Waals surface area contributed by atoms with E-state index in [1.807, 2.05) is 42.3 Å². The highest BCUT2D eigenvalue weighted by atomic mass is 16.5. The molecular weight excluding hydrogens is 308 g/mol. The first kappa shape index (κ1) is 18.4. The quantitative estimate of drug-likeness (QED) is 0.787. The molecule has 0 unspecified atom stereocenters. The molecule has 0 spiro atoms. The largest absolute Gasteiger partial charge is 0.464 e. The highest BCUT2D eigenvalue weighted by Crippen LogP contribution is 2.24. The van der Waals surface area contributed by atoms with Crippen LogP contribution >= 0.6 is 0 Å². The second-order valence-corrected chi connectivity index (χ2v) is 6.29. The van der Waals surface area contributed by atoms with Crippen molar-refractivity contribution in [2.75, 3.05) is 33.3 Å². The van der Waals surface area contributed by atoms with Gasteiger partial charge in [0, 0.05) is 32.5 Å². The Labute approximate surface area is 143 Å². The van der Waals surface area contributed by atoms with Gasteiger partial charge in [-0.1, -0.05) is 30.3 Å². The Bertz CT molecular complexity index is 553. The van der Waals surface area contributed by atoms with Crippen molar-refractivity contribution < 1.29 is 19.4 Å². The monoisotopic (exact) mass is 334 g/mol. The van der Waals surface area contributed by atoms with Gasteiger partial charge in [0.1, 0.15) is 0 Å². The lowest BCUT2D eigenvalue weighted by Crippen LogP contribution is -2.52. The van der Waals surface area contributed by atoms with Crippen LogP contribution in [0.1, 0.15) is 25.3 Å². The van der Waals surface area contributed by atoms with E-state index >= 15 is 0 Å². The van der Waals surface area contributed by atoms with Crippen molar-refractivity contribution >= 4 is 11.9 Å². The molecular formula is C18H26N2O4. The summed E-state index contributed by atoms with van der Waals surface area (Å²) < 4.78 is 4.91. The number of piperidine rings is 1. The van der Waals surface area contributed by atoms with Crippen LogP contribution < -0.4 is 0 Å². The zero-order valence-corrected chi connectivity index (χ0v) is 14.4. The van der Waals surface area contributed by atoms with E-state index < -0.39 is 11.6 Å². The van der Waals surface area contributed by atoms with E-state index in [4.69, 9.17) is 4.74 Å². The Hall–Kier alpha value is -1.92. The number of carbonyl (C=O) groups excluding carboxylic acids is 2. The van der Waals surface area contributed by atoms with Gasteiger partial charge in [-0.25, -0.2) is 4.79 Å². The van der Waals surface area contributed by atoms with Gasteiger partial charge >= 0.3 is 5.97 Å². The number of hydrogen-bond acceptors (Lipinski definition) is 5. The maximum Gasteiger partial charge on any atom is 0.338 e. The number of esters is 1. The van der Waals surface area contributed by atoms with Crippen LogP contribution in [0.3, 0.4) is 0 Å². The molecule has 0 aliphatic carbocycles. The van der Waals surface area contributed by atoms with Gasteiger partial charge in [0.2, 0.25) is 5.91 Å². The first-order chi connectivity index (χ1) is 11.4. The molecule has 1 fully saturated rings. The van der Waals surface area contributed by atoms with Crippen molar-refractivity contribution in [3.05, 3.63) is 35.9 Å². The van der Waals surface area contributed by atoms with E-state index in [1.54, 1.807) is 11.8 Å². The Morgan fingerprint density at radius 1 is 1.25 bits per heavy atom. The van der Waals surface area contributed by atoms with Crippen molar-refractivity contribution in [1.82, 2.24) is 9.80 Å². The summed E-state index contributed by atoms with van der Waals surface area (Å²) in [6.07, 6.45) is 0.444. The smallest absolute Gasteiger partial charge is 0.338 e. The van der Waals surface area contributed by atoms with Gasteiger partial charge in [0.25, 0.3) is 0 Å². The van der Waals surface area contributed by atoms with Crippen LogP contribution in [-0.4, -0.2) is 65.7 Å². The van der Waals surface area contributed by atoms with Gasteiger partial charge in [-0.05, 0) is 19.5 Å². The minimum Gasteiger partial charge on any atom is -0.464 e. The maximum atomic E-state index is 12.4. The molecule has 1 aliphatic rings. The molecule has 0 aromatic heterocycles. The molecule has 1 aromatic rings. The average molecular weight is 334 g/mol. The van der Waals surface area contributed by atoms with E-state index in [0.717, 1.165) is 5.56 Å². The summed E-state index contributed by atoms with van der Waals surface area (Å²) in [5.74, 6) is -0.572. The summed E-state index contributed by atoms with van der Waals surface area (Å²) in [5, 5.41) is 10.3. The number of aliphatic hydroxyl groups is 1. The topological polar surface area (TPSA) is 70.1 Å². The van der Waals surface area contributed by atoms with Gasteiger partial charge in [-0.3, -0.25) is 9.69 Å². The number of carbonyl (C=O) groups is 2. The third-order valence-corrected chi connectivity index (χ3v) is 4.30. The molecule has 132 valence electrons. The van der Waals surface area contributed by atoms with Crippen LogP contribution in [0.15, 0.2) is 30.3 Å². The molecule has 24 heavy (non-hydrogen) atoms. The number of benzene rings is 1. The van der Waals surface area contributed by atoms with Crippen LogP contribution in [0, 0.1) is 0 Å². The number of likely N-dealkylation sites (tertiary alicyclic amines) is 1. The number of amides is 1. The number of likely N-dealkylation sites (N-methyl/N-ethyl adjacent to an activating group) is 1. The third-order valence-electron chi connectivity index (χ3n) is 4.30. The first-order valence-electron chi connectivity index (χ1n) is 8.34. The summed E-state index contributed by atoms with van der Waals surface area (Å²) in [5.41, 5.74) is -0.300. The molecule has 1 aromatic carbocycles. The third kappa shape index (κ3) is 4.79. The summed E-state index contributed by atoms with van der Waals surface area (Å²) >= 11 is 0. The molecule has 1 heterocycles. The van der Waals surface area contributed by atoms with E-state index in [1.165, 1.54) is 0 Å². The molecule has 0 bridgehead atoms. The molecule has 2 rings (SSSR count). The molecule has 0 radical (unpaired) electrons. The van der Waals surface area contributed by atoms with E-state index in [9.17, 15) is 14.7 Å². The second kappa shape index (κ2) is 8.26. The molecule has 1 amide bonds. The van der Waals surface area contributed by atoms with Gasteiger partial charge < -0.3 is 14.7 Å². The van der Waals surface area contributed by atoms with Gasteiger partial charge in [-0.2, -0.15) is 0 Å². The zero-order chi connectivity index (χ0) is 17.6. The lowest BCUT2D eigenvalue weighted by atomic mass is 9.91. The Morgan fingerprint density at radius 3 is 2.46 bits per heavy atom. The van der Waals surface area contributed by atoms with Crippen molar-refractivity contribution in [3.8, 4) is 0 Å².